The molecule has 1 fully saturated rings. The number of hydrogen-bond donors (Lipinski definition) is 0. The van der Waals surface area contributed by atoms with E-state index in [1.165, 1.54) is 24.5 Å². The first kappa shape index (κ1) is 14.1. The fourth-order valence-corrected chi connectivity index (χ4v) is 3.06. The lowest BCUT2D eigenvalue weighted by Gasteiger charge is -2.19. The summed E-state index contributed by atoms with van der Waals surface area (Å²) < 4.78 is 14.3. The van der Waals surface area contributed by atoms with E-state index in [1.54, 1.807) is 30.1 Å². The van der Waals surface area contributed by atoms with Crippen molar-refractivity contribution in [1.29, 1.82) is 0 Å². The van der Waals surface area contributed by atoms with Crippen LogP contribution in [0.4, 0.5) is 10.1 Å². The van der Waals surface area contributed by atoms with Gasteiger partial charge >= 0.3 is 0 Å². The number of hydrogen-bond acceptors (Lipinski definition) is 2. The molecule has 0 bridgehead atoms. The summed E-state index contributed by atoms with van der Waals surface area (Å²) in [5, 5.41) is 0. The van der Waals surface area contributed by atoms with E-state index in [-0.39, 0.29) is 18.3 Å². The number of aliphatic imine (C=N–C) groups is 1. The second kappa shape index (κ2) is 5.30. The Kier molecular flexibility index (Phi) is 3.26. The first-order valence-corrected chi connectivity index (χ1v) is 7.85. The standard InChI is InChI=1S/C19H17FN2O/c1-22-17-9-8-13(12-6-7-12)10-15(17)19(21-11-18(22)23)14-4-2-3-5-16(14)20/h2-5,8-10,12H,6-7,11H2,1H3. The number of likely N-dealkylation sites (N-methyl/N-ethyl adjacent to an activating group) is 1. The van der Waals surface area contributed by atoms with Crippen molar-refractivity contribution in [3.63, 3.8) is 0 Å². The maximum atomic E-state index is 14.3. The molecule has 1 amide bonds. The van der Waals surface area contributed by atoms with Gasteiger partial charge in [-0.2, -0.15) is 0 Å². The van der Waals surface area contributed by atoms with Crippen LogP contribution in [0.5, 0.6) is 0 Å². The van der Waals surface area contributed by atoms with Gasteiger partial charge in [-0.05, 0) is 48.6 Å². The van der Waals surface area contributed by atoms with Gasteiger partial charge in [0.2, 0.25) is 5.91 Å². The minimum atomic E-state index is -0.314. The van der Waals surface area contributed by atoms with Gasteiger partial charge in [-0.1, -0.05) is 18.2 Å². The maximum Gasteiger partial charge on any atom is 0.248 e. The summed E-state index contributed by atoms with van der Waals surface area (Å²) >= 11 is 0. The van der Waals surface area contributed by atoms with Gasteiger partial charge in [-0.15, -0.1) is 0 Å². The molecule has 0 unspecified atom stereocenters. The zero-order valence-corrected chi connectivity index (χ0v) is 12.9. The average Bonchev–Trinajstić information content (AvgIpc) is 3.40. The molecule has 1 aliphatic heterocycles. The molecule has 0 saturated heterocycles. The predicted molar refractivity (Wildman–Crippen MR) is 88.7 cm³/mol. The molecule has 3 nitrogen and oxygen atoms in total. The smallest absolute Gasteiger partial charge is 0.248 e. The number of carbonyl (C=O) groups is 1. The molecule has 0 spiro atoms. The molecule has 1 heterocycles. The van der Waals surface area contributed by atoms with Crippen molar-refractivity contribution in [1.82, 2.24) is 0 Å². The summed E-state index contributed by atoms with van der Waals surface area (Å²) in [7, 11) is 1.75. The lowest BCUT2D eigenvalue weighted by molar-refractivity contribution is -0.116. The Balaban J connectivity index is 1.93. The molecule has 2 aromatic carbocycles. The molecule has 0 atom stereocenters. The summed E-state index contributed by atoms with van der Waals surface area (Å²) in [6.07, 6.45) is 2.39. The molecular weight excluding hydrogens is 291 g/mol. The monoisotopic (exact) mass is 308 g/mol. The van der Waals surface area contributed by atoms with Gasteiger partial charge < -0.3 is 4.90 Å². The number of benzodiazepines with no additional fused rings is 1. The Morgan fingerprint density at radius 1 is 1.13 bits per heavy atom. The summed E-state index contributed by atoms with van der Waals surface area (Å²) in [6.45, 7) is 0.0353. The number of halogens is 1. The lowest BCUT2D eigenvalue weighted by atomic mass is 9.96. The van der Waals surface area contributed by atoms with E-state index in [2.05, 4.69) is 17.1 Å². The molecule has 4 heteroatoms. The van der Waals surface area contributed by atoms with Gasteiger partial charge in [-0.3, -0.25) is 9.79 Å². The van der Waals surface area contributed by atoms with Gasteiger partial charge in [0.25, 0.3) is 0 Å². The summed E-state index contributed by atoms with van der Waals surface area (Å²) in [4.78, 5) is 18.2. The highest BCUT2D eigenvalue weighted by molar-refractivity contribution is 6.19. The van der Waals surface area contributed by atoms with E-state index < -0.39 is 0 Å². The van der Waals surface area contributed by atoms with Gasteiger partial charge in [0, 0.05) is 18.2 Å². The van der Waals surface area contributed by atoms with Crippen molar-refractivity contribution in [2.75, 3.05) is 18.5 Å². The van der Waals surface area contributed by atoms with Crippen LogP contribution in [-0.2, 0) is 4.79 Å². The number of fused-ring (bicyclic) bond motifs is 1. The van der Waals surface area contributed by atoms with Crippen molar-refractivity contribution in [3.05, 3.63) is 65.0 Å². The number of anilines is 1. The third-order valence-corrected chi connectivity index (χ3v) is 4.56. The lowest BCUT2D eigenvalue weighted by Crippen LogP contribution is -2.27. The van der Waals surface area contributed by atoms with Crippen molar-refractivity contribution in [2.45, 2.75) is 18.8 Å². The van der Waals surface area contributed by atoms with Crippen molar-refractivity contribution in [2.24, 2.45) is 4.99 Å². The van der Waals surface area contributed by atoms with E-state index in [9.17, 15) is 9.18 Å². The number of nitrogens with zero attached hydrogens (tertiary/aromatic N) is 2. The fraction of sp³-hybridized carbons (Fsp3) is 0.263. The van der Waals surface area contributed by atoms with Crippen LogP contribution in [-0.4, -0.2) is 25.2 Å². The first-order chi connectivity index (χ1) is 11.1. The Labute approximate surface area is 134 Å². The molecule has 116 valence electrons. The van der Waals surface area contributed by atoms with Crippen molar-refractivity contribution < 1.29 is 9.18 Å². The van der Waals surface area contributed by atoms with Crippen LogP contribution in [0.15, 0.2) is 47.5 Å². The molecule has 2 aliphatic rings. The van der Waals surface area contributed by atoms with E-state index in [0.29, 0.717) is 17.2 Å². The minimum Gasteiger partial charge on any atom is -0.313 e. The third kappa shape index (κ3) is 2.44. The van der Waals surface area contributed by atoms with E-state index in [1.807, 2.05) is 6.07 Å². The Hall–Kier alpha value is -2.49. The van der Waals surface area contributed by atoms with Crippen LogP contribution < -0.4 is 4.90 Å². The minimum absolute atomic E-state index is 0.0353. The molecule has 2 aromatic rings. The summed E-state index contributed by atoms with van der Waals surface area (Å²) in [5.74, 6) is 0.189. The topological polar surface area (TPSA) is 32.7 Å². The number of amides is 1. The normalized spacial score (nSPS) is 17.6. The van der Waals surface area contributed by atoms with E-state index in [0.717, 1.165) is 11.3 Å². The first-order valence-electron chi connectivity index (χ1n) is 7.85. The molecule has 4 rings (SSSR count). The average molecular weight is 308 g/mol. The van der Waals surface area contributed by atoms with Crippen molar-refractivity contribution >= 4 is 17.3 Å². The maximum absolute atomic E-state index is 14.3. The summed E-state index contributed by atoms with van der Waals surface area (Å²) in [5.41, 5.74) is 3.89. The highest BCUT2D eigenvalue weighted by Crippen LogP contribution is 2.42. The van der Waals surface area contributed by atoms with Crippen molar-refractivity contribution in [3.8, 4) is 0 Å². The SMILES string of the molecule is CN1C(=O)CN=C(c2ccccc2F)c2cc(C3CC3)ccc21. The van der Waals surface area contributed by atoms with Crippen LogP contribution in [0.1, 0.15) is 35.4 Å². The quantitative estimate of drug-likeness (QED) is 0.835. The molecule has 0 N–H and O–H groups in total. The van der Waals surface area contributed by atoms with Crippen LogP contribution >= 0.6 is 0 Å². The Bertz CT molecular complexity index is 824. The molecule has 1 saturated carbocycles. The molecular formula is C19H17FN2O. The second-order valence-corrected chi connectivity index (χ2v) is 6.15. The number of benzene rings is 2. The number of carbonyl (C=O) groups excluding carboxylic acids is 1. The van der Waals surface area contributed by atoms with Crippen LogP contribution in [0.2, 0.25) is 0 Å². The van der Waals surface area contributed by atoms with Gasteiger partial charge in [0.1, 0.15) is 12.4 Å². The van der Waals surface area contributed by atoms with Gasteiger partial charge in [0.05, 0.1) is 11.4 Å². The Morgan fingerprint density at radius 2 is 1.91 bits per heavy atom. The van der Waals surface area contributed by atoms with Crippen LogP contribution in [0, 0.1) is 5.82 Å². The molecule has 0 radical (unpaired) electrons. The van der Waals surface area contributed by atoms with E-state index >= 15 is 0 Å². The fourth-order valence-electron chi connectivity index (χ4n) is 3.06. The Morgan fingerprint density at radius 3 is 2.65 bits per heavy atom. The number of rotatable bonds is 2. The largest absolute Gasteiger partial charge is 0.313 e. The van der Waals surface area contributed by atoms with Crippen LogP contribution in [0.3, 0.4) is 0 Å². The highest BCUT2D eigenvalue weighted by Gasteiger charge is 2.28. The van der Waals surface area contributed by atoms with Gasteiger partial charge in [0.15, 0.2) is 0 Å². The highest BCUT2D eigenvalue weighted by atomic mass is 19.1. The van der Waals surface area contributed by atoms with Crippen LogP contribution in [0.25, 0.3) is 0 Å². The zero-order chi connectivity index (χ0) is 16.0. The second-order valence-electron chi connectivity index (χ2n) is 6.15. The predicted octanol–water partition coefficient (Wildman–Crippen LogP) is 3.52. The van der Waals surface area contributed by atoms with Gasteiger partial charge in [-0.25, -0.2) is 4.39 Å². The molecule has 1 aliphatic carbocycles. The third-order valence-electron chi connectivity index (χ3n) is 4.56. The summed E-state index contributed by atoms with van der Waals surface area (Å²) in [6, 6.07) is 12.7. The zero-order valence-electron chi connectivity index (χ0n) is 12.9. The molecule has 0 aromatic heterocycles. The van der Waals surface area contributed by atoms with E-state index in [4.69, 9.17) is 0 Å². The molecule has 23 heavy (non-hydrogen) atoms.